The van der Waals surface area contributed by atoms with Gasteiger partial charge in [-0.25, -0.2) is 4.57 Å². The standard InChI is InChI=1S/C66H129N2O6P/c1-6-8-10-12-14-16-18-20-22-24-26-28-30-32-33-34-36-37-39-41-43-45-47-49-51-53-55-57-59-65(69)64(63-74-75(71,72)73-62-61-68(3,4)5)67-66(70)60-58-56-54-52-50-48-46-44-42-40-38-35-31-29-27-25-23-21-19-17-15-13-11-9-7-2/h41,43,49,51,57,59,64-65,69H,6-40,42,44-48,50,52-56,58,60-63H2,1-5H3,(H-,67,70,71,72)/p+1/b43-41+,51-49+,59-57+. The summed E-state index contributed by atoms with van der Waals surface area (Å²) in [5.41, 5.74) is 0. The van der Waals surface area contributed by atoms with E-state index in [9.17, 15) is 19.4 Å². The lowest BCUT2D eigenvalue weighted by molar-refractivity contribution is -0.870. The first-order valence-corrected chi connectivity index (χ1v) is 34.4. The molecule has 0 bridgehead atoms. The van der Waals surface area contributed by atoms with Crippen LogP contribution in [0.15, 0.2) is 36.5 Å². The molecule has 0 fully saturated rings. The summed E-state index contributed by atoms with van der Waals surface area (Å²) in [7, 11) is 1.56. The van der Waals surface area contributed by atoms with E-state index in [2.05, 4.69) is 43.5 Å². The largest absolute Gasteiger partial charge is 0.472 e. The molecule has 1 amide bonds. The summed E-state index contributed by atoms with van der Waals surface area (Å²) in [4.78, 5) is 23.4. The predicted octanol–water partition coefficient (Wildman–Crippen LogP) is 20.5. The van der Waals surface area contributed by atoms with E-state index < -0.39 is 20.0 Å². The maximum atomic E-state index is 13.0. The number of aliphatic hydroxyl groups excluding tert-OH is 1. The van der Waals surface area contributed by atoms with Crippen LogP contribution >= 0.6 is 7.82 Å². The van der Waals surface area contributed by atoms with Crippen LogP contribution in [0.1, 0.15) is 328 Å². The second-order valence-electron chi connectivity index (χ2n) is 23.8. The minimum Gasteiger partial charge on any atom is -0.387 e. The molecular weight excluding hydrogens is 948 g/mol. The van der Waals surface area contributed by atoms with E-state index in [-0.39, 0.29) is 19.1 Å². The first-order chi connectivity index (χ1) is 36.5. The summed E-state index contributed by atoms with van der Waals surface area (Å²) in [6.07, 6.45) is 75.7. The molecule has 8 nitrogen and oxygen atoms in total. The highest BCUT2D eigenvalue weighted by molar-refractivity contribution is 7.47. The molecule has 0 aliphatic heterocycles. The van der Waals surface area contributed by atoms with E-state index in [0.29, 0.717) is 17.4 Å². The number of carbonyl (C=O) groups excluding carboxylic acids is 1. The molecular formula is C66H130N2O6P+. The van der Waals surface area contributed by atoms with Gasteiger partial charge in [-0.3, -0.25) is 13.8 Å². The third-order valence-electron chi connectivity index (χ3n) is 15.1. The number of quaternary nitrogens is 1. The topological polar surface area (TPSA) is 105 Å². The number of amides is 1. The SMILES string of the molecule is CCCCCCCCCCCCCCCCCCCC/C=C/CC/C=C/CC/C=C/C(O)C(COP(=O)(O)OCC[N+](C)(C)C)NC(=O)CCCCCCCCCCCCCCCCCCCCCCCCCCC. The Morgan fingerprint density at radius 2 is 0.733 bits per heavy atom. The number of nitrogens with one attached hydrogen (secondary N) is 1. The van der Waals surface area contributed by atoms with Crippen molar-refractivity contribution < 1.29 is 32.9 Å². The van der Waals surface area contributed by atoms with Crippen LogP contribution in [0, 0.1) is 0 Å². The van der Waals surface area contributed by atoms with Gasteiger partial charge in [-0.15, -0.1) is 0 Å². The Morgan fingerprint density at radius 1 is 0.440 bits per heavy atom. The molecule has 0 rings (SSSR count). The van der Waals surface area contributed by atoms with Crippen LogP contribution in [0.2, 0.25) is 0 Å². The average molecular weight is 1080 g/mol. The third kappa shape index (κ3) is 60.2. The van der Waals surface area contributed by atoms with Gasteiger partial charge in [0.15, 0.2) is 0 Å². The van der Waals surface area contributed by atoms with Gasteiger partial charge in [0.2, 0.25) is 5.91 Å². The van der Waals surface area contributed by atoms with Crippen LogP contribution in [-0.4, -0.2) is 73.4 Å². The van der Waals surface area contributed by atoms with Gasteiger partial charge in [0, 0.05) is 6.42 Å². The van der Waals surface area contributed by atoms with Crippen molar-refractivity contribution in [2.45, 2.75) is 341 Å². The van der Waals surface area contributed by atoms with E-state index in [0.717, 1.165) is 44.9 Å². The Kier molecular flexibility index (Phi) is 56.4. The molecule has 0 aliphatic carbocycles. The lowest BCUT2D eigenvalue weighted by Crippen LogP contribution is -2.45. The number of nitrogens with zero attached hydrogens (tertiary/aromatic N) is 1. The van der Waals surface area contributed by atoms with Gasteiger partial charge < -0.3 is 19.8 Å². The van der Waals surface area contributed by atoms with Crippen molar-refractivity contribution in [1.82, 2.24) is 5.32 Å². The van der Waals surface area contributed by atoms with Gasteiger partial charge in [0.25, 0.3) is 0 Å². The summed E-state index contributed by atoms with van der Waals surface area (Å²) in [6, 6.07) is -0.869. The van der Waals surface area contributed by atoms with E-state index in [1.807, 2.05) is 27.2 Å². The Hall–Kier alpha value is -1.28. The number of hydrogen-bond acceptors (Lipinski definition) is 5. The minimum atomic E-state index is -4.36. The maximum Gasteiger partial charge on any atom is 0.472 e. The smallest absolute Gasteiger partial charge is 0.387 e. The van der Waals surface area contributed by atoms with E-state index >= 15 is 0 Å². The minimum absolute atomic E-state index is 0.0553. The van der Waals surface area contributed by atoms with Crippen molar-refractivity contribution in [1.29, 1.82) is 0 Å². The molecule has 0 aromatic carbocycles. The molecule has 0 saturated carbocycles. The molecule has 75 heavy (non-hydrogen) atoms. The fraction of sp³-hybridized carbons (Fsp3) is 0.894. The molecule has 0 saturated heterocycles. The summed E-state index contributed by atoms with van der Waals surface area (Å²) in [5.74, 6) is -0.184. The van der Waals surface area contributed by atoms with E-state index in [4.69, 9.17) is 9.05 Å². The summed E-state index contributed by atoms with van der Waals surface area (Å²) < 4.78 is 23.8. The number of unbranched alkanes of at least 4 members (excludes halogenated alkanes) is 44. The zero-order valence-electron chi connectivity index (χ0n) is 50.8. The number of carbonyl (C=O) groups is 1. The number of likely N-dealkylation sites (N-methyl/N-ethyl adjacent to an activating group) is 1. The number of phosphoric acid groups is 1. The number of phosphoric ester groups is 1. The zero-order chi connectivity index (χ0) is 54.9. The van der Waals surface area contributed by atoms with Crippen molar-refractivity contribution in [2.75, 3.05) is 40.9 Å². The van der Waals surface area contributed by atoms with Gasteiger partial charge in [-0.05, 0) is 44.9 Å². The van der Waals surface area contributed by atoms with E-state index in [1.165, 1.54) is 263 Å². The molecule has 444 valence electrons. The van der Waals surface area contributed by atoms with Gasteiger partial charge >= 0.3 is 7.82 Å². The predicted molar refractivity (Wildman–Crippen MR) is 328 cm³/mol. The van der Waals surface area contributed by atoms with Crippen LogP contribution in [0.5, 0.6) is 0 Å². The molecule has 3 N–H and O–H groups in total. The second kappa shape index (κ2) is 57.4. The average Bonchev–Trinajstić information content (AvgIpc) is 3.37. The van der Waals surface area contributed by atoms with Gasteiger partial charge in [0.1, 0.15) is 13.2 Å². The van der Waals surface area contributed by atoms with Crippen LogP contribution in [0.25, 0.3) is 0 Å². The van der Waals surface area contributed by atoms with Crippen LogP contribution < -0.4 is 5.32 Å². The summed E-state index contributed by atoms with van der Waals surface area (Å²) in [5, 5.41) is 14.0. The quantitative estimate of drug-likeness (QED) is 0.0243. The van der Waals surface area contributed by atoms with Crippen molar-refractivity contribution in [3.63, 3.8) is 0 Å². The second-order valence-corrected chi connectivity index (χ2v) is 25.3. The molecule has 3 atom stereocenters. The molecule has 9 heteroatoms. The van der Waals surface area contributed by atoms with Gasteiger partial charge in [-0.1, -0.05) is 314 Å². The number of aliphatic hydroxyl groups is 1. The van der Waals surface area contributed by atoms with Gasteiger partial charge in [-0.2, -0.15) is 0 Å². The van der Waals surface area contributed by atoms with Crippen molar-refractivity contribution >= 4 is 13.7 Å². The Morgan fingerprint density at radius 3 is 1.07 bits per heavy atom. The van der Waals surface area contributed by atoms with Crippen LogP contribution in [0.3, 0.4) is 0 Å². The number of allylic oxidation sites excluding steroid dienone is 5. The molecule has 0 aromatic rings. The lowest BCUT2D eigenvalue weighted by atomic mass is 10.0. The Balaban J connectivity index is 4.16. The Labute approximate surface area is 467 Å². The van der Waals surface area contributed by atoms with Gasteiger partial charge in [0.05, 0.1) is 39.9 Å². The van der Waals surface area contributed by atoms with Crippen molar-refractivity contribution in [3.8, 4) is 0 Å². The number of hydrogen-bond donors (Lipinski definition) is 3. The van der Waals surface area contributed by atoms with Crippen molar-refractivity contribution in [2.24, 2.45) is 0 Å². The van der Waals surface area contributed by atoms with E-state index in [1.54, 1.807) is 6.08 Å². The zero-order valence-corrected chi connectivity index (χ0v) is 51.7. The molecule has 0 heterocycles. The fourth-order valence-electron chi connectivity index (χ4n) is 9.96. The lowest BCUT2D eigenvalue weighted by Gasteiger charge is -2.25. The maximum absolute atomic E-state index is 13.0. The van der Waals surface area contributed by atoms with Crippen LogP contribution in [0.4, 0.5) is 0 Å². The molecule has 0 radical (unpaired) electrons. The molecule has 0 aliphatic rings. The monoisotopic (exact) mass is 1080 g/mol. The molecule has 3 unspecified atom stereocenters. The molecule has 0 aromatic heterocycles. The highest BCUT2D eigenvalue weighted by atomic mass is 31.2. The first kappa shape index (κ1) is 73.7. The highest BCUT2D eigenvalue weighted by Gasteiger charge is 2.28. The fourth-order valence-corrected chi connectivity index (χ4v) is 10.7. The van der Waals surface area contributed by atoms with Crippen LogP contribution in [-0.2, 0) is 18.4 Å². The number of rotatable bonds is 61. The third-order valence-corrected chi connectivity index (χ3v) is 16.1. The normalized spacial score (nSPS) is 14.0. The Bertz CT molecular complexity index is 1320. The van der Waals surface area contributed by atoms with Crippen molar-refractivity contribution in [3.05, 3.63) is 36.5 Å². The summed E-state index contributed by atoms with van der Waals surface area (Å²) >= 11 is 0. The first-order valence-electron chi connectivity index (χ1n) is 32.9. The molecule has 0 spiro atoms. The summed E-state index contributed by atoms with van der Waals surface area (Å²) in [6.45, 7) is 4.84. The highest BCUT2D eigenvalue weighted by Crippen LogP contribution is 2.43.